The highest BCUT2D eigenvalue weighted by Crippen LogP contribution is 2.13. The molecule has 5 heteroatoms. The molecule has 1 aromatic rings. The molecular formula is C13H24N4O. The summed E-state index contributed by atoms with van der Waals surface area (Å²) in [6.45, 7) is 2.70. The van der Waals surface area contributed by atoms with Gasteiger partial charge in [0, 0.05) is 40.8 Å². The minimum atomic E-state index is 0.389. The van der Waals surface area contributed by atoms with Gasteiger partial charge in [-0.3, -0.25) is 0 Å². The minimum absolute atomic E-state index is 0.389. The van der Waals surface area contributed by atoms with Gasteiger partial charge in [0.2, 0.25) is 5.95 Å². The fourth-order valence-corrected chi connectivity index (χ4v) is 2.34. The van der Waals surface area contributed by atoms with Crippen molar-refractivity contribution in [3.8, 4) is 0 Å². The van der Waals surface area contributed by atoms with Crippen LogP contribution in [0.1, 0.15) is 25.0 Å². The van der Waals surface area contributed by atoms with Gasteiger partial charge in [-0.2, -0.15) is 0 Å². The SMILES string of the molecule is CN(C)c1ncc(CNCC2CCCCO2)n1C. The average molecular weight is 252 g/mol. The maximum Gasteiger partial charge on any atom is 0.204 e. The molecule has 1 aromatic heterocycles. The van der Waals surface area contributed by atoms with Crippen LogP contribution in [-0.4, -0.2) is 42.9 Å². The largest absolute Gasteiger partial charge is 0.377 e. The third-order valence-electron chi connectivity index (χ3n) is 3.41. The molecule has 1 unspecified atom stereocenters. The molecule has 18 heavy (non-hydrogen) atoms. The van der Waals surface area contributed by atoms with Crippen molar-refractivity contribution in [1.29, 1.82) is 0 Å². The zero-order valence-corrected chi connectivity index (χ0v) is 11.6. The lowest BCUT2D eigenvalue weighted by atomic mass is 10.1. The lowest BCUT2D eigenvalue weighted by molar-refractivity contribution is 0.0167. The van der Waals surface area contributed by atoms with E-state index in [-0.39, 0.29) is 0 Å². The molecule has 1 atom stereocenters. The fourth-order valence-electron chi connectivity index (χ4n) is 2.34. The average Bonchev–Trinajstić information content (AvgIpc) is 2.73. The van der Waals surface area contributed by atoms with Crippen LogP contribution in [-0.2, 0) is 18.3 Å². The van der Waals surface area contributed by atoms with Crippen molar-refractivity contribution in [2.75, 3.05) is 32.1 Å². The summed E-state index contributed by atoms with van der Waals surface area (Å²) in [5.41, 5.74) is 1.20. The van der Waals surface area contributed by atoms with E-state index in [0.29, 0.717) is 6.10 Å². The van der Waals surface area contributed by atoms with E-state index in [9.17, 15) is 0 Å². The first kappa shape index (κ1) is 13.4. The number of anilines is 1. The molecule has 1 aliphatic heterocycles. The van der Waals surface area contributed by atoms with Gasteiger partial charge >= 0.3 is 0 Å². The Bertz CT molecular complexity index is 369. The number of ether oxygens (including phenoxy) is 1. The van der Waals surface area contributed by atoms with Crippen LogP contribution in [0.25, 0.3) is 0 Å². The summed E-state index contributed by atoms with van der Waals surface area (Å²) in [4.78, 5) is 6.42. The second-order valence-electron chi connectivity index (χ2n) is 5.12. The number of hydrogen-bond donors (Lipinski definition) is 1. The number of hydrogen-bond acceptors (Lipinski definition) is 4. The molecule has 0 radical (unpaired) electrons. The number of nitrogens with zero attached hydrogens (tertiary/aromatic N) is 3. The van der Waals surface area contributed by atoms with Gasteiger partial charge in [-0.1, -0.05) is 0 Å². The van der Waals surface area contributed by atoms with E-state index in [1.807, 2.05) is 25.2 Å². The molecule has 0 amide bonds. The molecule has 0 aromatic carbocycles. The molecule has 2 heterocycles. The number of nitrogens with one attached hydrogen (secondary N) is 1. The molecule has 0 saturated carbocycles. The molecule has 0 bridgehead atoms. The van der Waals surface area contributed by atoms with Crippen molar-refractivity contribution in [3.05, 3.63) is 11.9 Å². The van der Waals surface area contributed by atoms with E-state index in [1.54, 1.807) is 0 Å². The van der Waals surface area contributed by atoms with Gasteiger partial charge in [-0.05, 0) is 19.3 Å². The van der Waals surface area contributed by atoms with E-state index in [2.05, 4.69) is 21.9 Å². The van der Waals surface area contributed by atoms with Crippen LogP contribution in [0, 0.1) is 0 Å². The van der Waals surface area contributed by atoms with Crippen LogP contribution >= 0.6 is 0 Å². The summed E-state index contributed by atoms with van der Waals surface area (Å²) in [5, 5.41) is 3.46. The summed E-state index contributed by atoms with van der Waals surface area (Å²) in [6, 6.07) is 0. The van der Waals surface area contributed by atoms with Gasteiger partial charge in [0.15, 0.2) is 0 Å². The Kier molecular flexibility index (Phi) is 4.60. The maximum atomic E-state index is 5.70. The van der Waals surface area contributed by atoms with Crippen LogP contribution in [0.2, 0.25) is 0 Å². The van der Waals surface area contributed by atoms with Crippen molar-refractivity contribution in [2.45, 2.75) is 31.9 Å². The first-order valence-electron chi connectivity index (χ1n) is 6.68. The second-order valence-corrected chi connectivity index (χ2v) is 5.12. The van der Waals surface area contributed by atoms with Gasteiger partial charge in [0.25, 0.3) is 0 Å². The Morgan fingerprint density at radius 1 is 1.50 bits per heavy atom. The predicted molar refractivity (Wildman–Crippen MR) is 72.8 cm³/mol. The highest BCUT2D eigenvalue weighted by atomic mass is 16.5. The first-order valence-corrected chi connectivity index (χ1v) is 6.68. The quantitative estimate of drug-likeness (QED) is 0.853. The van der Waals surface area contributed by atoms with Crippen LogP contribution in [0.15, 0.2) is 6.20 Å². The van der Waals surface area contributed by atoms with Crippen molar-refractivity contribution in [1.82, 2.24) is 14.9 Å². The number of imidazole rings is 1. The summed E-state index contributed by atoms with van der Waals surface area (Å²) >= 11 is 0. The van der Waals surface area contributed by atoms with Crippen molar-refractivity contribution in [2.24, 2.45) is 7.05 Å². The van der Waals surface area contributed by atoms with Gasteiger partial charge in [-0.25, -0.2) is 4.98 Å². The highest BCUT2D eigenvalue weighted by Gasteiger charge is 2.13. The van der Waals surface area contributed by atoms with E-state index < -0.39 is 0 Å². The summed E-state index contributed by atoms with van der Waals surface area (Å²) in [7, 11) is 6.07. The topological polar surface area (TPSA) is 42.3 Å². The van der Waals surface area contributed by atoms with Crippen LogP contribution in [0.5, 0.6) is 0 Å². The number of aromatic nitrogens is 2. The monoisotopic (exact) mass is 252 g/mol. The predicted octanol–water partition coefficient (Wildman–Crippen LogP) is 1.14. The van der Waals surface area contributed by atoms with E-state index in [4.69, 9.17) is 4.74 Å². The Balaban J connectivity index is 1.79. The summed E-state index contributed by atoms with van der Waals surface area (Å²) in [6.07, 6.45) is 6.01. The fraction of sp³-hybridized carbons (Fsp3) is 0.769. The van der Waals surface area contributed by atoms with Crippen molar-refractivity contribution >= 4 is 5.95 Å². The first-order chi connectivity index (χ1) is 8.68. The van der Waals surface area contributed by atoms with Gasteiger partial charge in [0.1, 0.15) is 0 Å². The normalized spacial score (nSPS) is 20.1. The third kappa shape index (κ3) is 3.23. The molecule has 0 spiro atoms. The lowest BCUT2D eigenvalue weighted by Crippen LogP contribution is -2.31. The molecule has 5 nitrogen and oxygen atoms in total. The van der Waals surface area contributed by atoms with Crippen molar-refractivity contribution < 1.29 is 4.74 Å². The molecular weight excluding hydrogens is 228 g/mol. The molecule has 102 valence electrons. The summed E-state index contributed by atoms with van der Waals surface area (Å²) < 4.78 is 7.82. The van der Waals surface area contributed by atoms with Gasteiger partial charge in [0.05, 0.1) is 18.0 Å². The van der Waals surface area contributed by atoms with E-state index >= 15 is 0 Å². The zero-order chi connectivity index (χ0) is 13.0. The van der Waals surface area contributed by atoms with Gasteiger partial charge in [-0.15, -0.1) is 0 Å². The van der Waals surface area contributed by atoms with E-state index in [0.717, 1.165) is 25.6 Å². The Labute approximate surface area is 109 Å². The Morgan fingerprint density at radius 3 is 2.94 bits per heavy atom. The second kappa shape index (κ2) is 6.20. The van der Waals surface area contributed by atoms with Crippen LogP contribution < -0.4 is 10.2 Å². The molecule has 1 saturated heterocycles. The standard InChI is InChI=1S/C13H24N4O/c1-16(2)13-15-9-11(17(13)3)8-14-10-12-6-4-5-7-18-12/h9,12,14H,4-8,10H2,1-3H3. The third-order valence-corrected chi connectivity index (χ3v) is 3.41. The van der Waals surface area contributed by atoms with Crippen molar-refractivity contribution in [3.63, 3.8) is 0 Å². The number of rotatable bonds is 5. The molecule has 2 rings (SSSR count). The maximum absolute atomic E-state index is 5.70. The van der Waals surface area contributed by atoms with E-state index in [1.165, 1.54) is 25.0 Å². The smallest absolute Gasteiger partial charge is 0.204 e. The molecule has 0 aliphatic carbocycles. The molecule has 1 aliphatic rings. The Morgan fingerprint density at radius 2 is 2.33 bits per heavy atom. The Hall–Kier alpha value is -1.07. The molecule has 1 N–H and O–H groups in total. The molecule has 1 fully saturated rings. The van der Waals surface area contributed by atoms with Crippen LogP contribution in [0.4, 0.5) is 5.95 Å². The minimum Gasteiger partial charge on any atom is -0.377 e. The van der Waals surface area contributed by atoms with Gasteiger partial charge < -0.3 is 19.5 Å². The lowest BCUT2D eigenvalue weighted by Gasteiger charge is -2.22. The van der Waals surface area contributed by atoms with Crippen LogP contribution in [0.3, 0.4) is 0 Å². The highest BCUT2D eigenvalue weighted by molar-refractivity contribution is 5.30. The summed E-state index contributed by atoms with van der Waals surface area (Å²) in [5.74, 6) is 0.987. The zero-order valence-electron chi connectivity index (χ0n) is 11.6.